The van der Waals surface area contributed by atoms with Gasteiger partial charge >= 0.3 is 5.97 Å². The number of ether oxygens (including phenoxy) is 2. The first-order chi connectivity index (χ1) is 17.0. The van der Waals surface area contributed by atoms with Crippen molar-refractivity contribution < 1.29 is 29.6 Å². The normalized spacial score (nSPS) is 22.2. The Kier molecular flexibility index (Phi) is 9.25. The summed E-state index contributed by atoms with van der Waals surface area (Å²) >= 11 is 0. The molecule has 0 saturated carbocycles. The number of aromatic carboxylic acids is 1. The smallest absolute Gasteiger partial charge is 0.336 e. The van der Waals surface area contributed by atoms with Crippen molar-refractivity contribution in [3.05, 3.63) is 88.5 Å². The summed E-state index contributed by atoms with van der Waals surface area (Å²) in [6.45, 7) is 9.08. The van der Waals surface area contributed by atoms with Gasteiger partial charge in [-0.3, -0.25) is 0 Å². The van der Waals surface area contributed by atoms with Crippen LogP contribution < -0.4 is 0 Å². The van der Waals surface area contributed by atoms with Gasteiger partial charge < -0.3 is 24.8 Å². The van der Waals surface area contributed by atoms with E-state index in [-0.39, 0.29) is 11.5 Å². The van der Waals surface area contributed by atoms with Crippen LogP contribution in [0.2, 0.25) is 0 Å². The molecular formula is C30H38O6. The zero-order chi connectivity index (χ0) is 26.5. The lowest BCUT2D eigenvalue weighted by molar-refractivity contribution is -0.152. The molecule has 0 aliphatic carbocycles. The summed E-state index contributed by atoms with van der Waals surface area (Å²) in [5.74, 6) is -1.98. The minimum atomic E-state index is -0.963. The summed E-state index contributed by atoms with van der Waals surface area (Å²) in [5, 5.41) is 30.9. The Labute approximate surface area is 213 Å². The predicted octanol–water partition coefficient (Wildman–Crippen LogP) is 5.08. The topological polar surface area (TPSA) is 96.2 Å². The third-order valence-electron chi connectivity index (χ3n) is 6.44. The first kappa shape index (κ1) is 27.8. The number of hydrogen-bond donors (Lipinski definition) is 3. The fraction of sp³-hybridized carbons (Fsp3) is 0.433. The number of carbonyl (C=O) groups is 1. The van der Waals surface area contributed by atoms with Crippen LogP contribution in [0.25, 0.3) is 6.08 Å². The number of aryl methyl sites for hydroxylation is 2. The van der Waals surface area contributed by atoms with E-state index in [4.69, 9.17) is 9.47 Å². The highest BCUT2D eigenvalue weighted by molar-refractivity contribution is 5.94. The van der Waals surface area contributed by atoms with E-state index in [2.05, 4.69) is 0 Å². The minimum absolute atomic E-state index is 0.158. The molecule has 0 radical (unpaired) electrons. The van der Waals surface area contributed by atoms with Gasteiger partial charge in [-0.15, -0.1) is 0 Å². The zero-order valence-corrected chi connectivity index (χ0v) is 21.7. The van der Waals surface area contributed by atoms with Crippen LogP contribution in [0.4, 0.5) is 0 Å². The van der Waals surface area contributed by atoms with Crippen molar-refractivity contribution in [1.82, 2.24) is 0 Å². The first-order valence-electron chi connectivity index (χ1n) is 12.4. The average molecular weight is 495 g/mol. The SMILES string of the molecule is Cc1cc(C)c(C(=O)O)c(/C=C/C[C@@H]2OC(C)(C)O[C@@H]2C(O)/C=C\C(Cc2ccccc2)[C@H](C)O)c1. The number of aliphatic hydroxyl groups excluding tert-OH is 2. The van der Waals surface area contributed by atoms with Crippen molar-refractivity contribution in [2.24, 2.45) is 5.92 Å². The molecule has 2 unspecified atom stereocenters. The molecule has 0 bridgehead atoms. The van der Waals surface area contributed by atoms with E-state index < -0.39 is 36.2 Å². The Morgan fingerprint density at radius 1 is 1.08 bits per heavy atom. The van der Waals surface area contributed by atoms with E-state index in [9.17, 15) is 20.1 Å². The van der Waals surface area contributed by atoms with Gasteiger partial charge in [-0.05, 0) is 64.2 Å². The highest BCUT2D eigenvalue weighted by Crippen LogP contribution is 2.33. The molecule has 1 aliphatic rings. The number of carboxylic acid groups (broad SMARTS) is 1. The second-order valence-electron chi connectivity index (χ2n) is 10.1. The second-order valence-corrected chi connectivity index (χ2v) is 10.1. The van der Waals surface area contributed by atoms with Gasteiger partial charge in [0.15, 0.2) is 5.79 Å². The Hall–Kier alpha value is -2.77. The third-order valence-corrected chi connectivity index (χ3v) is 6.44. The maximum absolute atomic E-state index is 11.8. The van der Waals surface area contributed by atoms with Crippen LogP contribution in [0.1, 0.15) is 59.8 Å². The van der Waals surface area contributed by atoms with Crippen LogP contribution in [-0.4, -0.2) is 51.5 Å². The summed E-state index contributed by atoms with van der Waals surface area (Å²) in [6, 6.07) is 13.6. The highest BCUT2D eigenvalue weighted by Gasteiger charge is 2.43. The monoisotopic (exact) mass is 494 g/mol. The Morgan fingerprint density at radius 2 is 1.78 bits per heavy atom. The van der Waals surface area contributed by atoms with Crippen molar-refractivity contribution in [2.75, 3.05) is 0 Å². The number of rotatable bonds is 10. The average Bonchev–Trinajstić information content (AvgIpc) is 3.10. The quantitative estimate of drug-likeness (QED) is 0.399. The van der Waals surface area contributed by atoms with Gasteiger partial charge in [0.1, 0.15) is 12.2 Å². The molecule has 0 spiro atoms. The van der Waals surface area contributed by atoms with Gasteiger partial charge in [0.2, 0.25) is 0 Å². The molecule has 3 N–H and O–H groups in total. The maximum atomic E-state index is 11.8. The molecule has 5 atom stereocenters. The van der Waals surface area contributed by atoms with E-state index in [1.54, 1.807) is 39.8 Å². The van der Waals surface area contributed by atoms with Crippen LogP contribution >= 0.6 is 0 Å². The highest BCUT2D eigenvalue weighted by atomic mass is 16.8. The fourth-order valence-electron chi connectivity index (χ4n) is 4.74. The lowest BCUT2D eigenvalue weighted by Gasteiger charge is -2.21. The first-order valence-corrected chi connectivity index (χ1v) is 12.4. The Balaban J connectivity index is 1.73. The van der Waals surface area contributed by atoms with Crippen LogP contribution in [0, 0.1) is 19.8 Å². The number of hydrogen-bond acceptors (Lipinski definition) is 5. The molecular weight excluding hydrogens is 456 g/mol. The predicted molar refractivity (Wildman–Crippen MR) is 141 cm³/mol. The molecule has 2 aromatic rings. The number of aliphatic hydroxyl groups is 2. The van der Waals surface area contributed by atoms with Crippen LogP contribution in [0.15, 0.2) is 60.7 Å². The van der Waals surface area contributed by atoms with E-state index >= 15 is 0 Å². The van der Waals surface area contributed by atoms with Crippen molar-refractivity contribution in [2.45, 2.75) is 77.7 Å². The van der Waals surface area contributed by atoms with Gasteiger partial charge in [0.05, 0.1) is 17.8 Å². The second kappa shape index (κ2) is 12.0. The molecule has 1 saturated heterocycles. The van der Waals surface area contributed by atoms with Crippen LogP contribution in [0.5, 0.6) is 0 Å². The van der Waals surface area contributed by atoms with Gasteiger partial charge in [0.25, 0.3) is 0 Å². The molecule has 194 valence electrons. The molecule has 1 heterocycles. The van der Waals surface area contributed by atoms with Crippen molar-refractivity contribution >= 4 is 12.0 Å². The van der Waals surface area contributed by atoms with E-state index in [1.807, 2.05) is 61.5 Å². The number of benzene rings is 2. The summed E-state index contributed by atoms with van der Waals surface area (Å²) in [5.41, 5.74) is 3.73. The summed E-state index contributed by atoms with van der Waals surface area (Å²) in [4.78, 5) is 11.8. The van der Waals surface area contributed by atoms with E-state index in [0.29, 0.717) is 24.0 Å². The van der Waals surface area contributed by atoms with Gasteiger partial charge in [-0.2, -0.15) is 0 Å². The van der Waals surface area contributed by atoms with Crippen molar-refractivity contribution in [3.63, 3.8) is 0 Å². The van der Waals surface area contributed by atoms with E-state index in [0.717, 1.165) is 11.1 Å². The Bertz CT molecular complexity index is 1090. The lowest BCUT2D eigenvalue weighted by Crippen LogP contribution is -2.34. The largest absolute Gasteiger partial charge is 0.478 e. The van der Waals surface area contributed by atoms with Crippen LogP contribution in [0.3, 0.4) is 0 Å². The molecule has 1 aliphatic heterocycles. The molecule has 36 heavy (non-hydrogen) atoms. The van der Waals surface area contributed by atoms with Crippen LogP contribution in [-0.2, 0) is 15.9 Å². The van der Waals surface area contributed by atoms with Crippen molar-refractivity contribution in [1.29, 1.82) is 0 Å². The van der Waals surface area contributed by atoms with E-state index in [1.165, 1.54) is 0 Å². The Morgan fingerprint density at radius 3 is 2.42 bits per heavy atom. The minimum Gasteiger partial charge on any atom is -0.478 e. The molecule has 3 rings (SSSR count). The molecule has 6 nitrogen and oxygen atoms in total. The molecule has 0 amide bonds. The zero-order valence-electron chi connectivity index (χ0n) is 21.7. The molecule has 2 aromatic carbocycles. The fourth-order valence-corrected chi connectivity index (χ4v) is 4.74. The lowest BCUT2D eigenvalue weighted by atomic mass is 9.93. The molecule has 6 heteroatoms. The number of carboxylic acids is 1. The van der Waals surface area contributed by atoms with Gasteiger partial charge in [0, 0.05) is 5.92 Å². The molecule has 0 aromatic heterocycles. The third kappa shape index (κ3) is 7.37. The van der Waals surface area contributed by atoms with Crippen molar-refractivity contribution in [3.8, 4) is 0 Å². The summed E-state index contributed by atoms with van der Waals surface area (Å²) in [6.07, 6.45) is 5.74. The summed E-state index contributed by atoms with van der Waals surface area (Å²) < 4.78 is 12.1. The van der Waals surface area contributed by atoms with Gasteiger partial charge in [-0.25, -0.2) is 4.79 Å². The standard InChI is InChI=1S/C30H38O6/c1-19-16-20(2)27(29(33)34)24(17-19)12-9-13-26-28(36-30(4,5)35-26)25(32)15-14-23(21(3)31)18-22-10-7-6-8-11-22/h6-12,14-17,21,23,25-26,28,31-32H,13,18H2,1-5H3,(H,33,34)/b12-9+,15-14-/t21-,23?,25?,26-,28+/m0/s1. The summed E-state index contributed by atoms with van der Waals surface area (Å²) in [7, 11) is 0. The maximum Gasteiger partial charge on any atom is 0.336 e. The van der Waals surface area contributed by atoms with Gasteiger partial charge in [-0.1, -0.05) is 72.3 Å². The molecule has 1 fully saturated rings.